The molecule has 15 heteroatoms. The zero-order chi connectivity index (χ0) is 34.1. The van der Waals surface area contributed by atoms with Crippen LogP contribution in [0.1, 0.15) is 48.6 Å². The topological polar surface area (TPSA) is 150 Å². The van der Waals surface area contributed by atoms with Crippen LogP contribution in [-0.2, 0) is 10.9 Å². The third kappa shape index (κ3) is 4.87. The summed E-state index contributed by atoms with van der Waals surface area (Å²) in [6, 6.07) is 14.6. The van der Waals surface area contributed by atoms with E-state index in [4.69, 9.17) is 20.8 Å². The lowest BCUT2D eigenvalue weighted by Crippen LogP contribution is -2.30. The monoisotopic (exact) mass is 680 g/mol. The second kappa shape index (κ2) is 11.3. The van der Waals surface area contributed by atoms with Gasteiger partial charge in [0.15, 0.2) is 17.1 Å². The molecule has 48 heavy (non-hydrogen) atoms. The fourth-order valence-corrected chi connectivity index (χ4v) is 6.48. The largest absolute Gasteiger partial charge is 0.506 e. The molecule has 4 N–H and O–H groups in total. The number of aromatic amines is 2. The first-order valence-corrected chi connectivity index (χ1v) is 14.9. The number of halogens is 4. The van der Waals surface area contributed by atoms with E-state index >= 15 is 0 Å². The van der Waals surface area contributed by atoms with Gasteiger partial charge in [-0.05, 0) is 42.0 Å². The normalized spacial score (nSPS) is 14.5. The maximum atomic E-state index is 14.0. The SMILES string of the molecule is COC(=O)c1c(C(F)(F)F)[nH]c2c(O)cc3c(c12)[C@H](CCl)CN3C(=O)c1cc2cc(NC(=O)c3cc4cccc(OC)c4o3)ccc2[nH]1. The van der Waals surface area contributed by atoms with Gasteiger partial charge in [-0.25, -0.2) is 4.79 Å². The van der Waals surface area contributed by atoms with Gasteiger partial charge in [-0.3, -0.25) is 9.59 Å². The Balaban J connectivity index is 1.22. The van der Waals surface area contributed by atoms with Crippen LogP contribution >= 0.6 is 11.6 Å². The highest BCUT2D eigenvalue weighted by atomic mass is 35.5. The van der Waals surface area contributed by atoms with Crippen LogP contribution in [0.2, 0.25) is 0 Å². The number of aromatic hydroxyl groups is 1. The van der Waals surface area contributed by atoms with Crippen molar-refractivity contribution in [3.63, 3.8) is 0 Å². The number of fused-ring (bicyclic) bond motifs is 5. The number of alkyl halides is 4. The number of benzene rings is 3. The number of ether oxygens (including phenoxy) is 2. The Bertz CT molecular complexity index is 2310. The van der Waals surface area contributed by atoms with Crippen molar-refractivity contribution in [2.75, 3.05) is 36.9 Å². The summed E-state index contributed by atoms with van der Waals surface area (Å²) >= 11 is 6.26. The lowest BCUT2D eigenvalue weighted by atomic mass is 9.95. The average molecular weight is 681 g/mol. The number of hydrogen-bond donors (Lipinski definition) is 4. The number of anilines is 2. The van der Waals surface area contributed by atoms with Crippen LogP contribution in [0.5, 0.6) is 11.5 Å². The molecular formula is C33H24ClF3N4O7. The number of para-hydroxylation sites is 1. The second-order valence-electron chi connectivity index (χ2n) is 11.1. The molecule has 0 radical (unpaired) electrons. The number of nitrogens with zero attached hydrogens (tertiary/aromatic N) is 1. The lowest BCUT2D eigenvalue weighted by molar-refractivity contribution is -0.141. The predicted molar refractivity (Wildman–Crippen MR) is 170 cm³/mol. The van der Waals surface area contributed by atoms with Crippen molar-refractivity contribution in [1.29, 1.82) is 0 Å². The van der Waals surface area contributed by atoms with E-state index in [1.807, 2.05) is 0 Å². The molecule has 1 aliphatic heterocycles. The molecule has 0 saturated heterocycles. The van der Waals surface area contributed by atoms with E-state index in [0.717, 1.165) is 7.11 Å². The summed E-state index contributed by atoms with van der Waals surface area (Å²) in [5.74, 6) is -3.16. The highest BCUT2D eigenvalue weighted by molar-refractivity contribution is 6.20. The predicted octanol–water partition coefficient (Wildman–Crippen LogP) is 7.15. The van der Waals surface area contributed by atoms with E-state index in [1.54, 1.807) is 48.5 Å². The van der Waals surface area contributed by atoms with Crippen LogP contribution in [0.4, 0.5) is 24.5 Å². The van der Waals surface area contributed by atoms with Crippen LogP contribution in [0.3, 0.4) is 0 Å². The summed E-state index contributed by atoms with van der Waals surface area (Å²) in [5, 5.41) is 14.6. The highest BCUT2D eigenvalue weighted by Crippen LogP contribution is 2.49. The minimum Gasteiger partial charge on any atom is -0.506 e. The van der Waals surface area contributed by atoms with Gasteiger partial charge in [0.2, 0.25) is 0 Å². The molecule has 1 aliphatic rings. The van der Waals surface area contributed by atoms with Crippen LogP contribution in [0.15, 0.2) is 59.0 Å². The standard InChI is InChI=1S/C33H24ClF3N4O7/c1-46-22-5-3-4-14-10-23(48-28(14)22)30(43)38-17-6-7-18-15(8-17)9-19(39-18)31(44)41-13-16(12-34)24-20(41)11-21(42)27-25(24)26(32(45)47-2)29(40-27)33(35,36)37/h3-11,16,39-40,42H,12-13H2,1-2H3,(H,38,43)/t16-/m1/s1. The summed E-state index contributed by atoms with van der Waals surface area (Å²) < 4.78 is 57.6. The van der Waals surface area contributed by atoms with E-state index in [2.05, 4.69) is 20.0 Å². The van der Waals surface area contributed by atoms with Crippen LogP contribution < -0.4 is 15.0 Å². The summed E-state index contributed by atoms with van der Waals surface area (Å²) in [6.07, 6.45) is -4.98. The summed E-state index contributed by atoms with van der Waals surface area (Å²) in [7, 11) is 2.45. The van der Waals surface area contributed by atoms with Crippen molar-refractivity contribution >= 4 is 73.5 Å². The average Bonchev–Trinajstić information content (AvgIpc) is 3.85. The molecule has 0 unspecified atom stereocenters. The van der Waals surface area contributed by atoms with Gasteiger partial charge >= 0.3 is 12.1 Å². The number of H-pyrrole nitrogens is 2. The van der Waals surface area contributed by atoms with Crippen molar-refractivity contribution in [2.45, 2.75) is 12.1 Å². The van der Waals surface area contributed by atoms with E-state index in [-0.39, 0.29) is 46.0 Å². The van der Waals surface area contributed by atoms with Gasteiger partial charge in [0.1, 0.15) is 17.1 Å². The van der Waals surface area contributed by atoms with Crippen molar-refractivity contribution < 1.29 is 46.6 Å². The Labute approximate surface area is 273 Å². The zero-order valence-corrected chi connectivity index (χ0v) is 25.8. The second-order valence-corrected chi connectivity index (χ2v) is 11.4. The van der Waals surface area contributed by atoms with Gasteiger partial charge < -0.3 is 39.2 Å². The number of hydrogen-bond acceptors (Lipinski definition) is 7. The minimum absolute atomic E-state index is 0.0394. The van der Waals surface area contributed by atoms with Gasteiger partial charge in [0, 0.05) is 51.8 Å². The number of carbonyl (C=O) groups is 3. The van der Waals surface area contributed by atoms with Gasteiger partial charge in [0.25, 0.3) is 11.8 Å². The Morgan fingerprint density at radius 1 is 1.08 bits per heavy atom. The molecule has 3 aromatic heterocycles. The number of phenolic OH excluding ortho intramolecular Hbond substituents is 1. The molecule has 2 amide bonds. The van der Waals surface area contributed by atoms with Crippen LogP contribution in [-0.4, -0.2) is 59.5 Å². The molecular weight excluding hydrogens is 657 g/mol. The lowest BCUT2D eigenvalue weighted by Gasteiger charge is -2.17. The molecule has 7 rings (SSSR count). The van der Waals surface area contributed by atoms with Crippen LogP contribution in [0.25, 0.3) is 32.8 Å². The molecule has 6 aromatic rings. The maximum absolute atomic E-state index is 14.0. The fourth-order valence-electron chi connectivity index (χ4n) is 6.23. The van der Waals surface area contributed by atoms with Crippen molar-refractivity contribution in [3.05, 3.63) is 82.9 Å². The van der Waals surface area contributed by atoms with Crippen LogP contribution in [0, 0.1) is 0 Å². The van der Waals surface area contributed by atoms with Gasteiger partial charge in [-0.15, -0.1) is 11.6 Å². The fraction of sp³-hybridized carbons (Fsp3) is 0.182. The number of rotatable bonds is 6. The number of furan rings is 1. The Kier molecular flexibility index (Phi) is 7.27. The number of nitrogens with one attached hydrogen (secondary N) is 3. The highest BCUT2D eigenvalue weighted by Gasteiger charge is 2.43. The summed E-state index contributed by atoms with van der Waals surface area (Å²) in [6.45, 7) is -0.0394. The molecule has 0 fully saturated rings. The molecule has 0 spiro atoms. The molecule has 11 nitrogen and oxygen atoms in total. The molecule has 3 aromatic carbocycles. The van der Waals surface area contributed by atoms with E-state index in [1.165, 1.54) is 18.1 Å². The first-order valence-electron chi connectivity index (χ1n) is 14.4. The minimum atomic E-state index is -4.98. The Morgan fingerprint density at radius 2 is 1.88 bits per heavy atom. The van der Waals surface area contributed by atoms with Crippen molar-refractivity contribution in [3.8, 4) is 11.5 Å². The van der Waals surface area contributed by atoms with E-state index in [9.17, 15) is 32.7 Å². The van der Waals surface area contributed by atoms with Crippen molar-refractivity contribution in [2.24, 2.45) is 0 Å². The van der Waals surface area contributed by atoms with Gasteiger partial charge in [0.05, 0.1) is 31.0 Å². The Morgan fingerprint density at radius 3 is 2.58 bits per heavy atom. The number of aromatic nitrogens is 2. The maximum Gasteiger partial charge on any atom is 0.432 e. The number of esters is 1. The third-order valence-corrected chi connectivity index (χ3v) is 8.71. The van der Waals surface area contributed by atoms with E-state index < -0.39 is 46.9 Å². The number of phenols is 1. The molecule has 0 saturated carbocycles. The van der Waals surface area contributed by atoms with Gasteiger partial charge in [-0.1, -0.05) is 12.1 Å². The molecule has 4 heterocycles. The Hall–Kier alpha value is -5.63. The quantitative estimate of drug-likeness (QED) is 0.108. The first kappa shape index (κ1) is 31.0. The zero-order valence-electron chi connectivity index (χ0n) is 25.0. The van der Waals surface area contributed by atoms with Crippen molar-refractivity contribution in [1.82, 2.24) is 9.97 Å². The molecule has 246 valence electrons. The number of carbonyl (C=O) groups excluding carboxylic acids is 3. The van der Waals surface area contributed by atoms with E-state index in [0.29, 0.717) is 33.3 Å². The molecule has 0 aliphatic carbocycles. The smallest absolute Gasteiger partial charge is 0.432 e. The summed E-state index contributed by atoms with van der Waals surface area (Å²) in [5.41, 5.74) is -0.688. The third-order valence-electron chi connectivity index (χ3n) is 8.34. The number of methoxy groups -OCH3 is 2. The summed E-state index contributed by atoms with van der Waals surface area (Å²) in [4.78, 5) is 46.0. The molecule has 1 atom stereocenters. The first-order chi connectivity index (χ1) is 22.9. The van der Waals surface area contributed by atoms with Gasteiger partial charge in [-0.2, -0.15) is 13.2 Å². The number of amides is 2. The molecule has 0 bridgehead atoms.